The van der Waals surface area contributed by atoms with Crippen molar-refractivity contribution in [2.75, 3.05) is 0 Å². The molecule has 0 atom stereocenters. The van der Waals surface area contributed by atoms with Crippen LogP contribution in [0, 0.1) is 6.92 Å². The molecule has 0 heterocycles. The second-order valence-corrected chi connectivity index (χ2v) is 5.76. The third-order valence-corrected chi connectivity index (χ3v) is 4.24. The summed E-state index contributed by atoms with van der Waals surface area (Å²) in [5, 5.41) is 0. The largest absolute Gasteiger partial charge is 0.488 e. The van der Waals surface area contributed by atoms with Gasteiger partial charge in [-0.1, -0.05) is 42.5 Å². The molecule has 0 aromatic heterocycles. The summed E-state index contributed by atoms with van der Waals surface area (Å²) in [5.74, 6) is 1.11. The van der Waals surface area contributed by atoms with Gasteiger partial charge in [0.05, 0.1) is 0 Å². The molecule has 0 saturated heterocycles. The molecule has 0 amide bonds. The highest BCUT2D eigenvalue weighted by atomic mass is 16.5. The Balaban J connectivity index is 1.92. The second kappa shape index (κ2) is 6.17. The molecule has 0 bridgehead atoms. The Morgan fingerprint density at radius 3 is 2.67 bits per heavy atom. The van der Waals surface area contributed by atoms with Crippen LogP contribution in [0.4, 0.5) is 0 Å². The monoisotopic (exact) mass is 278 g/mol. The van der Waals surface area contributed by atoms with E-state index in [2.05, 4.69) is 43.8 Å². The smallest absolute Gasteiger partial charge is 0.126 e. The first-order chi connectivity index (χ1) is 10.3. The van der Waals surface area contributed by atoms with Crippen molar-refractivity contribution >= 4 is 0 Å². The third kappa shape index (κ3) is 2.87. The van der Waals surface area contributed by atoms with Gasteiger partial charge in [0.25, 0.3) is 0 Å². The molecule has 2 aromatic carbocycles. The fourth-order valence-electron chi connectivity index (χ4n) is 3.25. The van der Waals surface area contributed by atoms with E-state index in [1.54, 1.807) is 0 Å². The Morgan fingerprint density at radius 1 is 1.14 bits per heavy atom. The van der Waals surface area contributed by atoms with Crippen molar-refractivity contribution in [1.82, 2.24) is 0 Å². The van der Waals surface area contributed by atoms with Crippen LogP contribution in [0.3, 0.4) is 0 Å². The summed E-state index contributed by atoms with van der Waals surface area (Å²) in [4.78, 5) is 0. The highest BCUT2D eigenvalue weighted by Gasteiger charge is 2.21. The maximum Gasteiger partial charge on any atom is 0.126 e. The summed E-state index contributed by atoms with van der Waals surface area (Å²) < 4.78 is 6.23. The molecule has 0 N–H and O–H groups in total. The van der Waals surface area contributed by atoms with Crippen molar-refractivity contribution in [3.63, 3.8) is 0 Å². The van der Waals surface area contributed by atoms with Crippen LogP contribution in [0.25, 0.3) is 0 Å². The van der Waals surface area contributed by atoms with Crippen molar-refractivity contribution in [2.45, 2.75) is 39.2 Å². The molecule has 2 aromatic rings. The highest BCUT2D eigenvalue weighted by Crippen LogP contribution is 2.37. The maximum absolute atomic E-state index is 6.23. The number of ether oxygens (including phenoxy) is 1. The minimum atomic E-state index is 0.639. The van der Waals surface area contributed by atoms with Gasteiger partial charge in [-0.25, -0.2) is 0 Å². The lowest BCUT2D eigenvalue weighted by Gasteiger charge is -2.17. The fraction of sp³-hybridized carbons (Fsp3) is 0.300. The normalized spacial score (nSPS) is 13.0. The zero-order valence-electron chi connectivity index (χ0n) is 12.7. The van der Waals surface area contributed by atoms with E-state index in [1.807, 2.05) is 12.1 Å². The lowest BCUT2D eigenvalue weighted by Crippen LogP contribution is -2.03. The predicted molar refractivity (Wildman–Crippen MR) is 87.9 cm³/mol. The van der Waals surface area contributed by atoms with Crippen LogP contribution in [-0.4, -0.2) is 0 Å². The zero-order valence-corrected chi connectivity index (χ0v) is 12.7. The molecule has 21 heavy (non-hydrogen) atoms. The Hall–Kier alpha value is -2.02. The van der Waals surface area contributed by atoms with Crippen molar-refractivity contribution in [3.8, 4) is 5.75 Å². The molecule has 3 rings (SSSR count). The van der Waals surface area contributed by atoms with Crippen molar-refractivity contribution in [1.29, 1.82) is 0 Å². The van der Waals surface area contributed by atoms with Gasteiger partial charge < -0.3 is 4.74 Å². The first-order valence-electron chi connectivity index (χ1n) is 7.71. The number of hydrogen-bond acceptors (Lipinski definition) is 1. The van der Waals surface area contributed by atoms with E-state index in [4.69, 9.17) is 4.74 Å². The fourth-order valence-corrected chi connectivity index (χ4v) is 3.25. The van der Waals surface area contributed by atoms with Crippen LogP contribution >= 0.6 is 0 Å². The average Bonchev–Trinajstić information content (AvgIpc) is 2.98. The average molecular weight is 278 g/mol. The summed E-state index contributed by atoms with van der Waals surface area (Å²) in [6.45, 7) is 6.74. The second-order valence-electron chi connectivity index (χ2n) is 5.76. The van der Waals surface area contributed by atoms with Gasteiger partial charge in [-0.05, 0) is 60.4 Å². The lowest BCUT2D eigenvalue weighted by molar-refractivity contribution is 0.300. The molecule has 0 saturated carbocycles. The van der Waals surface area contributed by atoms with Crippen LogP contribution in [0.1, 0.15) is 34.2 Å². The molecular weight excluding hydrogens is 256 g/mol. The lowest BCUT2D eigenvalue weighted by atomic mass is 9.97. The quantitative estimate of drug-likeness (QED) is 0.714. The van der Waals surface area contributed by atoms with Crippen LogP contribution in [-0.2, 0) is 25.9 Å². The molecule has 0 aliphatic heterocycles. The molecule has 1 aliphatic carbocycles. The Labute approximate surface area is 127 Å². The minimum Gasteiger partial charge on any atom is -0.488 e. The molecular formula is C20H22O. The van der Waals surface area contributed by atoms with Crippen LogP contribution in [0.2, 0.25) is 0 Å². The molecule has 1 nitrogen and oxygen atoms in total. The van der Waals surface area contributed by atoms with E-state index in [0.717, 1.165) is 18.6 Å². The number of benzene rings is 2. The Kier molecular flexibility index (Phi) is 4.10. The minimum absolute atomic E-state index is 0.639. The van der Waals surface area contributed by atoms with Crippen molar-refractivity contribution in [3.05, 3.63) is 76.9 Å². The molecule has 108 valence electrons. The maximum atomic E-state index is 6.23. The summed E-state index contributed by atoms with van der Waals surface area (Å²) in [6, 6.07) is 12.7. The summed E-state index contributed by atoms with van der Waals surface area (Å²) in [6.07, 6.45) is 6.42. The van der Waals surface area contributed by atoms with Gasteiger partial charge in [-0.3, -0.25) is 0 Å². The molecule has 0 spiro atoms. The number of allylic oxidation sites excluding steroid dienone is 1. The first kappa shape index (κ1) is 13.9. The van der Waals surface area contributed by atoms with E-state index in [0.29, 0.717) is 6.61 Å². The van der Waals surface area contributed by atoms with Gasteiger partial charge in [-0.15, -0.1) is 6.58 Å². The third-order valence-electron chi connectivity index (χ3n) is 4.24. The number of fused-ring (bicyclic) bond motifs is 1. The molecule has 0 unspecified atom stereocenters. The topological polar surface area (TPSA) is 9.23 Å². The van der Waals surface area contributed by atoms with E-state index in [9.17, 15) is 0 Å². The van der Waals surface area contributed by atoms with E-state index < -0.39 is 0 Å². The predicted octanol–water partition coefficient (Wildman–Crippen LogP) is 4.79. The number of rotatable bonds is 5. The van der Waals surface area contributed by atoms with Crippen LogP contribution in [0.15, 0.2) is 49.1 Å². The number of hydrogen-bond donors (Lipinski definition) is 0. The van der Waals surface area contributed by atoms with Crippen LogP contribution < -0.4 is 4.74 Å². The van der Waals surface area contributed by atoms with E-state index in [-0.39, 0.29) is 0 Å². The summed E-state index contributed by atoms with van der Waals surface area (Å²) >= 11 is 0. The zero-order chi connectivity index (χ0) is 14.7. The molecule has 1 aliphatic rings. The molecule has 0 radical (unpaired) electrons. The standard InChI is InChI=1S/C20H22O/c1-3-8-17-13-15(2)18-11-7-12-19(18)20(17)21-14-16-9-5-4-6-10-16/h3-6,9-10,13H,1,7-8,11-12,14H2,2H3. The van der Waals surface area contributed by atoms with Gasteiger partial charge in [0.15, 0.2) is 0 Å². The van der Waals surface area contributed by atoms with Crippen LogP contribution in [0.5, 0.6) is 5.75 Å². The van der Waals surface area contributed by atoms with E-state index >= 15 is 0 Å². The first-order valence-corrected chi connectivity index (χ1v) is 7.71. The summed E-state index contributed by atoms with van der Waals surface area (Å²) in [7, 11) is 0. The summed E-state index contributed by atoms with van der Waals surface area (Å²) in [5.41, 5.74) is 6.84. The SMILES string of the molecule is C=CCc1cc(C)c2c(c1OCc1ccccc1)CCC2. The van der Waals surface area contributed by atoms with Gasteiger partial charge in [-0.2, -0.15) is 0 Å². The van der Waals surface area contributed by atoms with Crippen molar-refractivity contribution in [2.24, 2.45) is 0 Å². The molecule has 0 fully saturated rings. The highest BCUT2D eigenvalue weighted by molar-refractivity contribution is 5.53. The van der Waals surface area contributed by atoms with Gasteiger partial charge in [0, 0.05) is 0 Å². The van der Waals surface area contributed by atoms with Crippen molar-refractivity contribution < 1.29 is 4.74 Å². The van der Waals surface area contributed by atoms with E-state index in [1.165, 1.54) is 40.7 Å². The van der Waals surface area contributed by atoms with Gasteiger partial charge in [0.1, 0.15) is 12.4 Å². The Morgan fingerprint density at radius 2 is 1.90 bits per heavy atom. The Bertz CT molecular complexity index is 641. The number of aryl methyl sites for hydroxylation is 1. The molecule has 1 heteroatoms. The van der Waals surface area contributed by atoms with Gasteiger partial charge >= 0.3 is 0 Å². The van der Waals surface area contributed by atoms with Gasteiger partial charge in [0.2, 0.25) is 0 Å².